The molecule has 0 saturated carbocycles. The van der Waals surface area contributed by atoms with Crippen LogP contribution < -0.4 is 4.74 Å². The lowest BCUT2D eigenvalue weighted by molar-refractivity contribution is -0.136. The first-order valence-corrected chi connectivity index (χ1v) is 10.6. The highest BCUT2D eigenvalue weighted by Crippen LogP contribution is 2.39. The molecule has 4 aromatic carbocycles. The summed E-state index contributed by atoms with van der Waals surface area (Å²) in [6.07, 6.45) is -4.57. The highest BCUT2D eigenvalue weighted by atomic mass is 19.4. The standard InChI is InChI=1S/C27H17F5N2O/c28-19-13-20(29)15-22(14-19)35-21-9-4-8-18(12-21)26-23-10-5-11-24(27(30,31)32)25(23)33-34(26)16-17-6-2-1-3-7-17/h1-15H,16H2. The van der Waals surface area contributed by atoms with Crippen LogP contribution in [0.5, 0.6) is 11.5 Å². The third kappa shape index (κ3) is 4.73. The van der Waals surface area contributed by atoms with Crippen LogP contribution in [0.4, 0.5) is 22.0 Å². The minimum Gasteiger partial charge on any atom is -0.457 e. The Morgan fingerprint density at radius 2 is 1.46 bits per heavy atom. The Labute approximate surface area is 197 Å². The largest absolute Gasteiger partial charge is 0.457 e. The van der Waals surface area contributed by atoms with Crippen LogP contribution in [-0.4, -0.2) is 9.78 Å². The average molecular weight is 480 g/mol. The van der Waals surface area contributed by atoms with E-state index in [9.17, 15) is 22.0 Å². The van der Waals surface area contributed by atoms with Crippen molar-refractivity contribution in [1.29, 1.82) is 0 Å². The summed E-state index contributed by atoms with van der Waals surface area (Å²) in [7, 11) is 0. The minimum absolute atomic E-state index is 0.0401. The summed E-state index contributed by atoms with van der Waals surface area (Å²) in [5.41, 5.74) is 0.871. The van der Waals surface area contributed by atoms with Crippen LogP contribution in [0, 0.1) is 11.6 Å². The Bertz CT molecular complexity index is 1490. The fourth-order valence-electron chi connectivity index (χ4n) is 3.99. The van der Waals surface area contributed by atoms with Crippen molar-refractivity contribution in [3.63, 3.8) is 0 Å². The highest BCUT2D eigenvalue weighted by molar-refractivity contribution is 5.95. The number of hydrogen-bond acceptors (Lipinski definition) is 2. The van der Waals surface area contributed by atoms with Gasteiger partial charge in [0.05, 0.1) is 17.8 Å². The van der Waals surface area contributed by atoms with Crippen molar-refractivity contribution in [3.8, 4) is 22.8 Å². The van der Waals surface area contributed by atoms with Crippen LogP contribution in [-0.2, 0) is 12.7 Å². The second kappa shape index (κ2) is 8.87. The van der Waals surface area contributed by atoms with Gasteiger partial charge >= 0.3 is 6.18 Å². The van der Waals surface area contributed by atoms with E-state index >= 15 is 0 Å². The van der Waals surface area contributed by atoms with Crippen LogP contribution in [0.25, 0.3) is 22.2 Å². The van der Waals surface area contributed by atoms with Crippen molar-refractivity contribution < 1.29 is 26.7 Å². The fraction of sp³-hybridized carbons (Fsp3) is 0.0741. The van der Waals surface area contributed by atoms with Gasteiger partial charge in [0.1, 0.15) is 28.7 Å². The van der Waals surface area contributed by atoms with E-state index in [4.69, 9.17) is 4.74 Å². The van der Waals surface area contributed by atoms with E-state index < -0.39 is 23.4 Å². The summed E-state index contributed by atoms with van der Waals surface area (Å²) in [6.45, 7) is 0.238. The third-order valence-corrected chi connectivity index (χ3v) is 5.43. The van der Waals surface area contributed by atoms with E-state index in [2.05, 4.69) is 5.10 Å². The Morgan fingerprint density at radius 3 is 2.17 bits per heavy atom. The number of ether oxygens (including phenoxy) is 1. The van der Waals surface area contributed by atoms with Crippen molar-refractivity contribution in [2.45, 2.75) is 12.7 Å². The van der Waals surface area contributed by atoms with Crippen LogP contribution >= 0.6 is 0 Å². The van der Waals surface area contributed by atoms with Gasteiger partial charge in [-0.15, -0.1) is 0 Å². The molecule has 35 heavy (non-hydrogen) atoms. The van der Waals surface area contributed by atoms with Crippen LogP contribution in [0.2, 0.25) is 0 Å². The molecule has 1 heterocycles. The van der Waals surface area contributed by atoms with Gasteiger partial charge in [0.2, 0.25) is 0 Å². The van der Waals surface area contributed by atoms with Crippen LogP contribution in [0.15, 0.2) is 91.0 Å². The monoisotopic (exact) mass is 480 g/mol. The Hall–Kier alpha value is -4.20. The van der Waals surface area contributed by atoms with Gasteiger partial charge in [-0.25, -0.2) is 8.78 Å². The summed E-state index contributed by atoms with van der Waals surface area (Å²) in [6, 6.07) is 22.6. The first-order chi connectivity index (χ1) is 16.8. The maximum absolute atomic E-state index is 13.7. The van der Waals surface area contributed by atoms with Gasteiger partial charge in [-0.2, -0.15) is 18.3 Å². The van der Waals surface area contributed by atoms with Gasteiger partial charge in [0.15, 0.2) is 0 Å². The van der Waals surface area contributed by atoms with Crippen LogP contribution in [0.3, 0.4) is 0 Å². The lowest BCUT2D eigenvalue weighted by Gasteiger charge is -2.11. The minimum atomic E-state index is -4.57. The molecule has 0 fully saturated rings. The number of nitrogens with zero attached hydrogens (tertiary/aromatic N) is 2. The van der Waals surface area contributed by atoms with Gasteiger partial charge in [-0.3, -0.25) is 4.68 Å². The second-order valence-electron chi connectivity index (χ2n) is 7.93. The summed E-state index contributed by atoms with van der Waals surface area (Å²) >= 11 is 0. The molecule has 0 radical (unpaired) electrons. The normalized spacial score (nSPS) is 11.7. The lowest BCUT2D eigenvalue weighted by Crippen LogP contribution is -2.06. The number of hydrogen-bond donors (Lipinski definition) is 0. The van der Waals surface area contributed by atoms with Gasteiger partial charge in [0.25, 0.3) is 0 Å². The number of benzene rings is 4. The van der Waals surface area contributed by atoms with Gasteiger partial charge in [-0.05, 0) is 23.8 Å². The SMILES string of the molecule is Fc1cc(F)cc(Oc2cccc(-c3c4cccc(C(F)(F)F)c4nn3Cc3ccccc3)c2)c1. The number of fused-ring (bicyclic) bond motifs is 1. The van der Waals surface area contributed by atoms with E-state index in [-0.39, 0.29) is 23.6 Å². The zero-order valence-electron chi connectivity index (χ0n) is 18.1. The average Bonchev–Trinajstić information content (AvgIpc) is 3.16. The van der Waals surface area contributed by atoms with Crippen molar-refractivity contribution >= 4 is 10.9 Å². The van der Waals surface area contributed by atoms with E-state index in [1.54, 1.807) is 30.3 Å². The quantitative estimate of drug-likeness (QED) is 0.240. The molecule has 0 saturated heterocycles. The number of halogens is 5. The van der Waals surface area contributed by atoms with Gasteiger partial charge < -0.3 is 4.74 Å². The van der Waals surface area contributed by atoms with E-state index in [1.165, 1.54) is 10.7 Å². The summed E-state index contributed by atoms with van der Waals surface area (Å²) in [5, 5.41) is 4.67. The Kier molecular flexibility index (Phi) is 5.72. The molecule has 0 aliphatic heterocycles. The number of rotatable bonds is 5. The zero-order chi connectivity index (χ0) is 24.6. The smallest absolute Gasteiger partial charge is 0.418 e. The van der Waals surface area contributed by atoms with E-state index in [0.29, 0.717) is 16.6 Å². The molecule has 0 amide bonds. The molecule has 5 rings (SSSR count). The van der Waals surface area contributed by atoms with Crippen LogP contribution in [0.1, 0.15) is 11.1 Å². The first kappa shape index (κ1) is 22.6. The Balaban J connectivity index is 1.64. The predicted octanol–water partition coefficient (Wildman–Crippen LogP) is 7.84. The van der Waals surface area contributed by atoms with E-state index in [0.717, 1.165) is 29.8 Å². The number of aromatic nitrogens is 2. The molecule has 0 N–H and O–H groups in total. The molecule has 1 aromatic heterocycles. The number of alkyl halides is 3. The van der Waals surface area contributed by atoms with Gasteiger partial charge in [0, 0.05) is 29.1 Å². The first-order valence-electron chi connectivity index (χ1n) is 10.6. The zero-order valence-corrected chi connectivity index (χ0v) is 18.1. The maximum atomic E-state index is 13.7. The molecule has 0 bridgehead atoms. The third-order valence-electron chi connectivity index (χ3n) is 5.43. The molecule has 0 unspecified atom stereocenters. The van der Waals surface area contributed by atoms with Crippen molar-refractivity contribution in [2.24, 2.45) is 0 Å². The predicted molar refractivity (Wildman–Crippen MR) is 122 cm³/mol. The molecular weight excluding hydrogens is 463 g/mol. The second-order valence-corrected chi connectivity index (χ2v) is 7.93. The molecule has 5 aromatic rings. The van der Waals surface area contributed by atoms with Crippen molar-refractivity contribution in [2.75, 3.05) is 0 Å². The van der Waals surface area contributed by atoms with Gasteiger partial charge in [-0.1, -0.05) is 54.6 Å². The topological polar surface area (TPSA) is 27.1 Å². The molecule has 176 valence electrons. The lowest BCUT2D eigenvalue weighted by atomic mass is 10.0. The molecule has 8 heteroatoms. The molecular formula is C27H17F5N2O. The molecule has 3 nitrogen and oxygen atoms in total. The van der Waals surface area contributed by atoms with Crippen molar-refractivity contribution in [3.05, 3.63) is 114 Å². The fourth-order valence-corrected chi connectivity index (χ4v) is 3.99. The molecule has 0 spiro atoms. The highest BCUT2D eigenvalue weighted by Gasteiger charge is 2.34. The summed E-state index contributed by atoms with van der Waals surface area (Å²) in [4.78, 5) is 0. The van der Waals surface area contributed by atoms with Crippen molar-refractivity contribution in [1.82, 2.24) is 9.78 Å². The summed E-state index contributed by atoms with van der Waals surface area (Å²) < 4.78 is 75.5. The molecule has 0 aliphatic carbocycles. The maximum Gasteiger partial charge on any atom is 0.418 e. The summed E-state index contributed by atoms with van der Waals surface area (Å²) in [5.74, 6) is -1.35. The Morgan fingerprint density at radius 1 is 0.743 bits per heavy atom. The molecule has 0 aliphatic rings. The molecule has 0 atom stereocenters. The van der Waals surface area contributed by atoms with E-state index in [1.807, 2.05) is 30.3 Å².